The molecular weight excluding hydrogens is 256 g/mol. The van der Waals surface area contributed by atoms with E-state index in [4.69, 9.17) is 10.5 Å². The third-order valence-electron chi connectivity index (χ3n) is 4.35. The Labute approximate surface area is 118 Å². The van der Waals surface area contributed by atoms with Crippen LogP contribution < -0.4 is 11.1 Å². The van der Waals surface area contributed by atoms with Crippen molar-refractivity contribution in [1.29, 1.82) is 0 Å². The first-order valence-corrected chi connectivity index (χ1v) is 7.09. The molecule has 2 fully saturated rings. The van der Waals surface area contributed by atoms with Crippen molar-refractivity contribution in [2.45, 2.75) is 37.1 Å². The lowest BCUT2D eigenvalue weighted by Gasteiger charge is -2.52. The number of nitrogens with one attached hydrogen (secondary N) is 1. The molecular formula is C15H20N2O3. The summed E-state index contributed by atoms with van der Waals surface area (Å²) < 4.78 is 5.67. The fraction of sp³-hybridized carbons (Fsp3) is 0.533. The Morgan fingerprint density at radius 2 is 2.15 bits per heavy atom. The zero-order chi connectivity index (χ0) is 14.1. The molecule has 1 aliphatic heterocycles. The number of amides is 1. The average molecular weight is 276 g/mol. The summed E-state index contributed by atoms with van der Waals surface area (Å²) in [6.07, 6.45) is 0.929. The molecule has 1 aliphatic carbocycles. The second-order valence-electron chi connectivity index (χ2n) is 5.57. The predicted octanol–water partition coefficient (Wildman–Crippen LogP) is 0.341. The summed E-state index contributed by atoms with van der Waals surface area (Å²) >= 11 is 0. The quantitative estimate of drug-likeness (QED) is 0.743. The van der Waals surface area contributed by atoms with Crippen LogP contribution in [-0.2, 0) is 9.53 Å². The number of nitrogens with two attached hydrogens (primary N) is 1. The van der Waals surface area contributed by atoms with Gasteiger partial charge in [-0.2, -0.15) is 0 Å². The van der Waals surface area contributed by atoms with Crippen molar-refractivity contribution < 1.29 is 14.6 Å². The molecule has 0 aromatic heterocycles. The number of ether oxygens (including phenoxy) is 1. The second-order valence-corrected chi connectivity index (χ2v) is 5.57. The molecule has 5 unspecified atom stereocenters. The number of rotatable bonds is 3. The molecule has 5 atom stereocenters. The molecule has 1 aromatic rings. The van der Waals surface area contributed by atoms with Crippen molar-refractivity contribution in [3.63, 3.8) is 0 Å². The summed E-state index contributed by atoms with van der Waals surface area (Å²) in [5.41, 5.74) is 6.67. The maximum absolute atomic E-state index is 12.1. The molecule has 5 heteroatoms. The Hall–Kier alpha value is -1.43. The monoisotopic (exact) mass is 276 g/mol. The highest BCUT2D eigenvalue weighted by Gasteiger charge is 2.51. The summed E-state index contributed by atoms with van der Waals surface area (Å²) in [6, 6.07) is 8.62. The van der Waals surface area contributed by atoms with Crippen LogP contribution >= 0.6 is 0 Å². The van der Waals surface area contributed by atoms with Gasteiger partial charge in [0.2, 0.25) is 0 Å². The van der Waals surface area contributed by atoms with Crippen LogP contribution in [0.15, 0.2) is 30.3 Å². The fourth-order valence-electron chi connectivity index (χ4n) is 3.16. The molecule has 2 aliphatic rings. The summed E-state index contributed by atoms with van der Waals surface area (Å²) in [7, 11) is 0. The van der Waals surface area contributed by atoms with Crippen LogP contribution in [0.5, 0.6) is 0 Å². The smallest absolute Gasteiger partial charge is 0.253 e. The van der Waals surface area contributed by atoms with Gasteiger partial charge in [-0.15, -0.1) is 0 Å². The number of benzene rings is 1. The summed E-state index contributed by atoms with van der Waals surface area (Å²) in [5.74, 6) is -0.0767. The van der Waals surface area contributed by atoms with Crippen LogP contribution in [0.1, 0.15) is 24.5 Å². The molecule has 1 saturated carbocycles. The van der Waals surface area contributed by atoms with E-state index in [0.29, 0.717) is 11.5 Å². The van der Waals surface area contributed by atoms with Gasteiger partial charge in [0.25, 0.3) is 5.91 Å². The molecule has 20 heavy (non-hydrogen) atoms. The minimum absolute atomic E-state index is 0.00525. The van der Waals surface area contributed by atoms with Gasteiger partial charge in [0.15, 0.2) is 6.10 Å². The maximum Gasteiger partial charge on any atom is 0.253 e. The van der Waals surface area contributed by atoms with E-state index in [1.807, 2.05) is 6.07 Å². The third-order valence-corrected chi connectivity index (χ3v) is 4.35. The minimum atomic E-state index is -1.16. The Morgan fingerprint density at radius 1 is 1.40 bits per heavy atom. The molecule has 3 rings (SSSR count). The summed E-state index contributed by atoms with van der Waals surface area (Å²) in [5, 5.41) is 12.9. The van der Waals surface area contributed by atoms with E-state index in [1.54, 1.807) is 24.3 Å². The third kappa shape index (κ3) is 2.32. The van der Waals surface area contributed by atoms with E-state index < -0.39 is 12.0 Å². The van der Waals surface area contributed by atoms with E-state index in [-0.39, 0.29) is 18.2 Å². The van der Waals surface area contributed by atoms with Gasteiger partial charge in [-0.3, -0.25) is 4.79 Å². The Bertz CT molecular complexity index is 479. The molecule has 0 spiro atoms. The number of fused-ring (bicyclic) bond motifs is 1. The van der Waals surface area contributed by atoms with Gasteiger partial charge < -0.3 is 20.9 Å². The lowest BCUT2D eigenvalue weighted by Crippen LogP contribution is -2.72. The van der Waals surface area contributed by atoms with E-state index in [9.17, 15) is 9.90 Å². The zero-order valence-corrected chi connectivity index (χ0v) is 11.2. The molecule has 0 bridgehead atoms. The second kappa shape index (κ2) is 5.52. The first kappa shape index (κ1) is 13.5. The molecule has 1 saturated heterocycles. The van der Waals surface area contributed by atoms with Crippen LogP contribution in [0, 0.1) is 5.92 Å². The largest absolute Gasteiger partial charge is 0.378 e. The predicted molar refractivity (Wildman–Crippen MR) is 73.8 cm³/mol. The molecule has 5 nitrogen and oxygen atoms in total. The highest BCUT2D eigenvalue weighted by Crippen LogP contribution is 2.37. The van der Waals surface area contributed by atoms with Gasteiger partial charge in [-0.1, -0.05) is 30.3 Å². The van der Waals surface area contributed by atoms with Crippen LogP contribution in [0.3, 0.4) is 0 Å². The van der Waals surface area contributed by atoms with Crippen LogP contribution in [0.2, 0.25) is 0 Å². The summed E-state index contributed by atoms with van der Waals surface area (Å²) in [6.45, 7) is 0.724. The normalized spacial score (nSPS) is 33.7. The highest BCUT2D eigenvalue weighted by molar-refractivity contribution is 5.82. The van der Waals surface area contributed by atoms with Gasteiger partial charge in [0.1, 0.15) is 0 Å². The maximum atomic E-state index is 12.1. The summed E-state index contributed by atoms with van der Waals surface area (Å²) in [4.78, 5) is 12.1. The van der Waals surface area contributed by atoms with Gasteiger partial charge in [0, 0.05) is 18.6 Å². The first-order valence-electron chi connectivity index (χ1n) is 7.09. The Balaban J connectivity index is 1.62. The van der Waals surface area contributed by atoms with Crippen LogP contribution in [0.4, 0.5) is 0 Å². The standard InChI is InChI=1S/C15H20N2O3/c16-11-10-7-4-8-20-14(10)12(11)17-15(19)13(18)9-5-2-1-3-6-9/h1-3,5-6,10-14,18H,4,7-8,16H2,(H,17,19). The van der Waals surface area contributed by atoms with E-state index in [0.717, 1.165) is 19.4 Å². The number of aliphatic hydroxyl groups is 1. The topological polar surface area (TPSA) is 84.6 Å². The minimum Gasteiger partial charge on any atom is -0.378 e. The van der Waals surface area contributed by atoms with E-state index in [2.05, 4.69) is 5.32 Å². The molecule has 108 valence electrons. The average Bonchev–Trinajstić information content (AvgIpc) is 2.52. The molecule has 4 N–H and O–H groups in total. The lowest BCUT2D eigenvalue weighted by molar-refractivity contribution is -0.145. The van der Waals surface area contributed by atoms with Crippen LogP contribution in [-0.4, -0.2) is 35.8 Å². The Kier molecular flexibility index (Phi) is 3.74. The molecule has 1 amide bonds. The van der Waals surface area contributed by atoms with Gasteiger partial charge in [0.05, 0.1) is 12.1 Å². The molecule has 1 aromatic carbocycles. The van der Waals surface area contributed by atoms with Crippen molar-refractivity contribution in [3.05, 3.63) is 35.9 Å². The van der Waals surface area contributed by atoms with Crippen molar-refractivity contribution in [1.82, 2.24) is 5.32 Å². The van der Waals surface area contributed by atoms with Crippen molar-refractivity contribution in [2.75, 3.05) is 6.61 Å². The van der Waals surface area contributed by atoms with E-state index in [1.165, 1.54) is 0 Å². The number of aliphatic hydroxyl groups excluding tert-OH is 1. The number of hydrogen-bond donors (Lipinski definition) is 3. The van der Waals surface area contributed by atoms with Crippen molar-refractivity contribution in [3.8, 4) is 0 Å². The van der Waals surface area contributed by atoms with E-state index >= 15 is 0 Å². The molecule has 1 heterocycles. The number of carbonyl (C=O) groups excluding carboxylic acids is 1. The van der Waals surface area contributed by atoms with Crippen LogP contribution in [0.25, 0.3) is 0 Å². The first-order chi connectivity index (χ1) is 9.68. The molecule has 0 radical (unpaired) electrons. The zero-order valence-electron chi connectivity index (χ0n) is 11.2. The van der Waals surface area contributed by atoms with Crippen molar-refractivity contribution >= 4 is 5.91 Å². The van der Waals surface area contributed by atoms with Gasteiger partial charge in [-0.25, -0.2) is 0 Å². The SMILES string of the molecule is NC1C2CCCOC2C1NC(=O)C(O)c1ccccc1. The van der Waals surface area contributed by atoms with Crippen molar-refractivity contribution in [2.24, 2.45) is 11.7 Å². The highest BCUT2D eigenvalue weighted by atomic mass is 16.5. The fourth-order valence-corrected chi connectivity index (χ4v) is 3.16. The number of carbonyl (C=O) groups is 1. The van der Waals surface area contributed by atoms with Gasteiger partial charge >= 0.3 is 0 Å². The Morgan fingerprint density at radius 3 is 2.90 bits per heavy atom. The lowest BCUT2D eigenvalue weighted by atomic mass is 9.68. The van der Waals surface area contributed by atoms with Gasteiger partial charge in [-0.05, 0) is 18.4 Å². The number of hydrogen-bond acceptors (Lipinski definition) is 4.